The molecule has 0 aromatic heterocycles. The maximum atomic E-state index is 9.38. The second kappa shape index (κ2) is 6.98. The van der Waals surface area contributed by atoms with E-state index in [0.29, 0.717) is 10.0 Å². The van der Waals surface area contributed by atoms with E-state index in [2.05, 4.69) is 12.2 Å². The minimum absolute atomic E-state index is 0.00789. The fraction of sp³-hybridized carbons (Fsp3) is 0.250. The molecule has 2 aromatic carbocycles. The Morgan fingerprint density at radius 1 is 1.15 bits per heavy atom. The van der Waals surface area contributed by atoms with Crippen molar-refractivity contribution in [2.45, 2.75) is 26.0 Å². The lowest BCUT2D eigenvalue weighted by atomic mass is 10.0. The SMILES string of the molecule is CCC(Nc1ccccc1CO)c1ccc(Cl)cc1Cl. The van der Waals surface area contributed by atoms with Crippen LogP contribution in [-0.2, 0) is 6.61 Å². The molecule has 0 saturated heterocycles. The lowest BCUT2D eigenvalue weighted by molar-refractivity contribution is 0.282. The quantitative estimate of drug-likeness (QED) is 0.810. The molecule has 0 spiro atoms. The van der Waals surface area contributed by atoms with E-state index < -0.39 is 0 Å². The zero-order valence-corrected chi connectivity index (χ0v) is 12.7. The maximum Gasteiger partial charge on any atom is 0.0701 e. The van der Waals surface area contributed by atoms with E-state index in [9.17, 15) is 5.11 Å². The number of hydrogen-bond donors (Lipinski definition) is 2. The van der Waals surface area contributed by atoms with Crippen molar-refractivity contribution in [1.29, 1.82) is 0 Å². The first kappa shape index (κ1) is 15.2. The number of para-hydroxylation sites is 1. The van der Waals surface area contributed by atoms with Crippen molar-refractivity contribution in [3.8, 4) is 0 Å². The molecule has 0 radical (unpaired) electrons. The number of aliphatic hydroxyl groups is 1. The van der Waals surface area contributed by atoms with E-state index in [0.717, 1.165) is 23.2 Å². The summed E-state index contributed by atoms with van der Waals surface area (Å²) in [6.07, 6.45) is 0.876. The van der Waals surface area contributed by atoms with Crippen molar-refractivity contribution >= 4 is 28.9 Å². The van der Waals surface area contributed by atoms with Gasteiger partial charge in [0.25, 0.3) is 0 Å². The van der Waals surface area contributed by atoms with Gasteiger partial charge in [-0.3, -0.25) is 0 Å². The smallest absolute Gasteiger partial charge is 0.0701 e. The molecule has 2 aromatic rings. The molecule has 0 aliphatic carbocycles. The summed E-state index contributed by atoms with van der Waals surface area (Å²) < 4.78 is 0. The standard InChI is InChI=1S/C16H17Cl2NO/c1-2-15(13-8-7-12(17)9-14(13)18)19-16-6-4-3-5-11(16)10-20/h3-9,15,19-20H,2,10H2,1H3. The van der Waals surface area contributed by atoms with Gasteiger partial charge in [-0.15, -0.1) is 0 Å². The second-order valence-electron chi connectivity index (χ2n) is 4.59. The summed E-state index contributed by atoms with van der Waals surface area (Å²) in [7, 11) is 0. The van der Waals surface area contributed by atoms with Crippen LogP contribution in [0.1, 0.15) is 30.5 Å². The van der Waals surface area contributed by atoms with E-state index >= 15 is 0 Å². The molecular weight excluding hydrogens is 293 g/mol. The van der Waals surface area contributed by atoms with E-state index in [-0.39, 0.29) is 12.6 Å². The van der Waals surface area contributed by atoms with Crippen LogP contribution in [0.15, 0.2) is 42.5 Å². The number of nitrogens with one attached hydrogen (secondary N) is 1. The molecule has 0 amide bonds. The molecule has 0 fully saturated rings. The van der Waals surface area contributed by atoms with Crippen LogP contribution in [0.25, 0.3) is 0 Å². The van der Waals surface area contributed by atoms with E-state index in [1.807, 2.05) is 36.4 Å². The normalized spacial score (nSPS) is 12.2. The Bertz CT molecular complexity index is 586. The third-order valence-corrected chi connectivity index (χ3v) is 3.83. The number of aliphatic hydroxyl groups excluding tert-OH is 1. The van der Waals surface area contributed by atoms with Gasteiger partial charge in [-0.2, -0.15) is 0 Å². The monoisotopic (exact) mass is 309 g/mol. The fourth-order valence-corrected chi connectivity index (χ4v) is 2.71. The molecule has 1 atom stereocenters. The number of hydrogen-bond acceptors (Lipinski definition) is 2. The van der Waals surface area contributed by atoms with Gasteiger partial charge in [0, 0.05) is 21.3 Å². The Morgan fingerprint density at radius 2 is 1.90 bits per heavy atom. The van der Waals surface area contributed by atoms with Crippen LogP contribution in [-0.4, -0.2) is 5.11 Å². The van der Waals surface area contributed by atoms with Gasteiger partial charge in [-0.1, -0.05) is 54.4 Å². The molecule has 4 heteroatoms. The van der Waals surface area contributed by atoms with E-state index in [1.165, 1.54) is 0 Å². The summed E-state index contributed by atoms with van der Waals surface area (Å²) in [4.78, 5) is 0. The third-order valence-electron chi connectivity index (χ3n) is 3.26. The molecule has 2 rings (SSSR count). The Balaban J connectivity index is 2.29. The Morgan fingerprint density at radius 3 is 2.55 bits per heavy atom. The highest BCUT2D eigenvalue weighted by molar-refractivity contribution is 6.35. The Kier molecular flexibility index (Phi) is 5.30. The van der Waals surface area contributed by atoms with Crippen molar-refractivity contribution < 1.29 is 5.11 Å². The predicted molar refractivity (Wildman–Crippen MR) is 85.5 cm³/mol. The highest BCUT2D eigenvalue weighted by atomic mass is 35.5. The van der Waals surface area contributed by atoms with Crippen molar-refractivity contribution in [1.82, 2.24) is 0 Å². The highest BCUT2D eigenvalue weighted by Crippen LogP contribution is 2.31. The topological polar surface area (TPSA) is 32.3 Å². The number of benzene rings is 2. The average Bonchev–Trinajstić information content (AvgIpc) is 2.46. The molecule has 1 unspecified atom stereocenters. The number of halogens is 2. The molecule has 0 saturated carbocycles. The van der Waals surface area contributed by atoms with Crippen LogP contribution in [0.2, 0.25) is 10.0 Å². The Labute approximate surface area is 129 Å². The van der Waals surface area contributed by atoms with Gasteiger partial charge >= 0.3 is 0 Å². The van der Waals surface area contributed by atoms with Crippen LogP contribution in [0.4, 0.5) is 5.69 Å². The molecule has 2 nitrogen and oxygen atoms in total. The van der Waals surface area contributed by atoms with Crippen molar-refractivity contribution in [3.05, 3.63) is 63.6 Å². The zero-order valence-electron chi connectivity index (χ0n) is 11.2. The van der Waals surface area contributed by atoms with Gasteiger partial charge in [0.15, 0.2) is 0 Å². The minimum Gasteiger partial charge on any atom is -0.392 e. The summed E-state index contributed by atoms with van der Waals surface area (Å²) >= 11 is 12.2. The summed E-state index contributed by atoms with van der Waals surface area (Å²) in [5.41, 5.74) is 2.80. The summed E-state index contributed by atoms with van der Waals surface area (Å²) in [6.45, 7) is 2.10. The summed E-state index contributed by atoms with van der Waals surface area (Å²) in [6, 6.07) is 13.3. The van der Waals surface area contributed by atoms with Gasteiger partial charge in [-0.25, -0.2) is 0 Å². The fourth-order valence-electron chi connectivity index (χ4n) is 2.17. The molecule has 0 heterocycles. The van der Waals surface area contributed by atoms with Crippen LogP contribution in [0, 0.1) is 0 Å². The average molecular weight is 310 g/mol. The Hall–Kier alpha value is -1.22. The zero-order chi connectivity index (χ0) is 14.5. The molecule has 106 valence electrons. The lowest BCUT2D eigenvalue weighted by Crippen LogP contribution is -2.11. The first-order chi connectivity index (χ1) is 9.65. The number of anilines is 1. The number of rotatable bonds is 5. The molecule has 0 aliphatic heterocycles. The van der Waals surface area contributed by atoms with Crippen molar-refractivity contribution in [3.63, 3.8) is 0 Å². The van der Waals surface area contributed by atoms with E-state index in [4.69, 9.17) is 23.2 Å². The van der Waals surface area contributed by atoms with Crippen LogP contribution in [0.5, 0.6) is 0 Å². The van der Waals surface area contributed by atoms with Crippen LogP contribution < -0.4 is 5.32 Å². The van der Waals surface area contributed by atoms with Crippen molar-refractivity contribution in [2.75, 3.05) is 5.32 Å². The molecule has 20 heavy (non-hydrogen) atoms. The summed E-state index contributed by atoms with van der Waals surface area (Å²) in [5.74, 6) is 0. The lowest BCUT2D eigenvalue weighted by Gasteiger charge is -2.21. The van der Waals surface area contributed by atoms with Gasteiger partial charge in [0.1, 0.15) is 0 Å². The molecule has 2 N–H and O–H groups in total. The molecule has 0 bridgehead atoms. The van der Waals surface area contributed by atoms with Gasteiger partial charge in [0.05, 0.1) is 12.6 Å². The second-order valence-corrected chi connectivity index (χ2v) is 5.43. The minimum atomic E-state index is 0.00789. The first-order valence-corrected chi connectivity index (χ1v) is 7.31. The van der Waals surface area contributed by atoms with Crippen LogP contribution >= 0.6 is 23.2 Å². The van der Waals surface area contributed by atoms with E-state index in [1.54, 1.807) is 6.07 Å². The highest BCUT2D eigenvalue weighted by Gasteiger charge is 2.14. The summed E-state index contributed by atoms with van der Waals surface area (Å²) in [5, 5.41) is 14.1. The van der Waals surface area contributed by atoms with Crippen LogP contribution in [0.3, 0.4) is 0 Å². The third kappa shape index (κ3) is 3.45. The molecular formula is C16H17Cl2NO. The predicted octanol–water partition coefficient (Wildman–Crippen LogP) is 5.05. The van der Waals surface area contributed by atoms with Gasteiger partial charge in [-0.05, 0) is 30.2 Å². The van der Waals surface area contributed by atoms with Gasteiger partial charge in [0.2, 0.25) is 0 Å². The first-order valence-electron chi connectivity index (χ1n) is 6.56. The largest absolute Gasteiger partial charge is 0.392 e. The van der Waals surface area contributed by atoms with Gasteiger partial charge < -0.3 is 10.4 Å². The van der Waals surface area contributed by atoms with Crippen molar-refractivity contribution in [2.24, 2.45) is 0 Å². The maximum absolute atomic E-state index is 9.38. The molecule has 0 aliphatic rings.